The summed E-state index contributed by atoms with van der Waals surface area (Å²) in [5, 5.41) is 17.5. The molecule has 1 rings (SSSR count). The van der Waals surface area contributed by atoms with E-state index in [0.29, 0.717) is 16.5 Å². The average molecular weight is 368 g/mol. The second kappa shape index (κ2) is 12.5. The van der Waals surface area contributed by atoms with Crippen molar-refractivity contribution in [3.05, 3.63) is 28.3 Å². The number of hydrogen-bond donors (Lipinski definition) is 2. The molecule has 0 aromatic heterocycles. The molecule has 0 spiro atoms. The van der Waals surface area contributed by atoms with E-state index in [1.165, 1.54) is 64.2 Å². The Kier molecular flexibility index (Phi) is 10.6. The van der Waals surface area contributed by atoms with E-state index >= 15 is 0 Å². The number of unbranched alkanes of at least 4 members (excludes halogenated alkanes) is 7. The molecule has 7 heteroatoms. The molecule has 0 aliphatic heterocycles. The number of methoxy groups -OCH3 is 1. The van der Waals surface area contributed by atoms with Gasteiger partial charge < -0.3 is 15.4 Å². The maximum absolute atomic E-state index is 10.8. The van der Waals surface area contributed by atoms with Crippen LogP contribution in [0.15, 0.2) is 18.2 Å². The Morgan fingerprint density at radius 1 is 1.16 bits per heavy atom. The summed E-state index contributed by atoms with van der Waals surface area (Å²) in [6.07, 6.45) is 10.2. The number of nitrogens with one attached hydrogen (secondary N) is 2. The molecule has 0 aliphatic carbocycles. The van der Waals surface area contributed by atoms with Gasteiger partial charge in [-0.2, -0.15) is 0 Å². The molecule has 0 heterocycles. The second-order valence-electron chi connectivity index (χ2n) is 6.00. The summed E-state index contributed by atoms with van der Waals surface area (Å²) in [5.41, 5.74) is 0.599. The molecule has 0 amide bonds. The topological polar surface area (TPSA) is 76.4 Å². The molecule has 0 aliphatic rings. The number of non-ortho nitro benzene ring substituents is 1. The highest BCUT2D eigenvalue weighted by atomic mass is 32.1. The van der Waals surface area contributed by atoms with Gasteiger partial charge in [0.1, 0.15) is 5.75 Å². The third kappa shape index (κ3) is 8.67. The Morgan fingerprint density at radius 3 is 2.40 bits per heavy atom. The molecule has 2 N–H and O–H groups in total. The summed E-state index contributed by atoms with van der Waals surface area (Å²) in [6.45, 7) is 3.05. The van der Waals surface area contributed by atoms with Crippen molar-refractivity contribution in [2.75, 3.05) is 19.0 Å². The summed E-state index contributed by atoms with van der Waals surface area (Å²) in [4.78, 5) is 10.3. The van der Waals surface area contributed by atoms with Crippen molar-refractivity contribution in [2.24, 2.45) is 0 Å². The zero-order valence-corrected chi connectivity index (χ0v) is 16.0. The lowest BCUT2D eigenvalue weighted by Gasteiger charge is -2.13. The van der Waals surface area contributed by atoms with Crippen molar-refractivity contribution in [1.29, 1.82) is 0 Å². The van der Waals surface area contributed by atoms with Gasteiger partial charge in [-0.1, -0.05) is 51.9 Å². The lowest BCUT2D eigenvalue weighted by molar-refractivity contribution is -0.384. The monoisotopic (exact) mass is 367 g/mol. The van der Waals surface area contributed by atoms with Crippen molar-refractivity contribution in [1.82, 2.24) is 5.32 Å². The van der Waals surface area contributed by atoms with Gasteiger partial charge in [-0.3, -0.25) is 10.1 Å². The van der Waals surface area contributed by atoms with Crippen LogP contribution in [0, 0.1) is 10.1 Å². The van der Waals surface area contributed by atoms with E-state index in [4.69, 9.17) is 17.0 Å². The molecular formula is C18H29N3O3S. The molecule has 0 atom stereocenters. The van der Waals surface area contributed by atoms with Gasteiger partial charge >= 0.3 is 0 Å². The minimum atomic E-state index is -0.453. The minimum absolute atomic E-state index is 0.0137. The Labute approximate surface area is 155 Å². The zero-order valence-electron chi connectivity index (χ0n) is 15.2. The first-order chi connectivity index (χ1) is 12.1. The zero-order chi connectivity index (χ0) is 18.5. The quantitative estimate of drug-likeness (QED) is 0.233. The van der Waals surface area contributed by atoms with Crippen LogP contribution in [0.25, 0.3) is 0 Å². The molecule has 0 unspecified atom stereocenters. The van der Waals surface area contributed by atoms with Crippen molar-refractivity contribution in [3.63, 3.8) is 0 Å². The van der Waals surface area contributed by atoms with Crippen LogP contribution in [0.4, 0.5) is 11.4 Å². The lowest BCUT2D eigenvalue weighted by Crippen LogP contribution is -2.29. The predicted octanol–water partition coefficient (Wildman–Crippen LogP) is 5.03. The van der Waals surface area contributed by atoms with Gasteiger partial charge in [-0.15, -0.1) is 0 Å². The maximum atomic E-state index is 10.8. The van der Waals surface area contributed by atoms with E-state index in [9.17, 15) is 10.1 Å². The van der Waals surface area contributed by atoms with Crippen LogP contribution in [-0.2, 0) is 0 Å². The van der Waals surface area contributed by atoms with E-state index in [1.807, 2.05) is 0 Å². The minimum Gasteiger partial charge on any atom is -0.494 e. The van der Waals surface area contributed by atoms with Crippen molar-refractivity contribution in [3.8, 4) is 5.75 Å². The van der Waals surface area contributed by atoms with E-state index in [1.54, 1.807) is 6.07 Å². The van der Waals surface area contributed by atoms with Gasteiger partial charge in [-0.25, -0.2) is 0 Å². The Morgan fingerprint density at radius 2 is 1.80 bits per heavy atom. The van der Waals surface area contributed by atoms with Gasteiger partial charge in [0.25, 0.3) is 5.69 Å². The average Bonchev–Trinajstić information content (AvgIpc) is 2.60. The smallest absolute Gasteiger partial charge is 0.273 e. The molecule has 1 aromatic rings. The number of ether oxygens (including phenoxy) is 1. The molecule has 1 aromatic carbocycles. The van der Waals surface area contributed by atoms with Crippen molar-refractivity contribution < 1.29 is 9.66 Å². The summed E-state index contributed by atoms with van der Waals surface area (Å²) >= 11 is 5.26. The fraction of sp³-hybridized carbons (Fsp3) is 0.611. The summed E-state index contributed by atoms with van der Waals surface area (Å²) in [5.74, 6) is 0.394. The first kappa shape index (κ1) is 21.2. The predicted molar refractivity (Wildman–Crippen MR) is 106 cm³/mol. The molecule has 0 saturated carbocycles. The Hall–Kier alpha value is -1.89. The molecule has 0 radical (unpaired) electrons. The molecule has 6 nitrogen and oxygen atoms in total. The van der Waals surface area contributed by atoms with Gasteiger partial charge in [0.05, 0.1) is 23.8 Å². The van der Waals surface area contributed by atoms with Crippen LogP contribution < -0.4 is 15.4 Å². The largest absolute Gasteiger partial charge is 0.494 e. The van der Waals surface area contributed by atoms with Gasteiger partial charge in [-0.05, 0) is 24.7 Å². The highest BCUT2D eigenvalue weighted by Gasteiger charge is 2.12. The van der Waals surface area contributed by atoms with Crippen LogP contribution in [0.3, 0.4) is 0 Å². The van der Waals surface area contributed by atoms with E-state index in [-0.39, 0.29) is 5.69 Å². The lowest BCUT2D eigenvalue weighted by atomic mass is 10.1. The van der Waals surface area contributed by atoms with E-state index in [0.717, 1.165) is 13.0 Å². The molecular weight excluding hydrogens is 338 g/mol. The normalized spacial score (nSPS) is 10.3. The number of nitrogens with zero attached hydrogens (tertiary/aromatic N) is 1. The number of anilines is 1. The number of hydrogen-bond acceptors (Lipinski definition) is 4. The maximum Gasteiger partial charge on any atom is 0.273 e. The number of rotatable bonds is 12. The third-order valence-electron chi connectivity index (χ3n) is 3.96. The first-order valence-corrected chi connectivity index (χ1v) is 9.36. The highest BCUT2D eigenvalue weighted by molar-refractivity contribution is 7.80. The summed E-state index contributed by atoms with van der Waals surface area (Å²) in [7, 11) is 1.47. The first-order valence-electron chi connectivity index (χ1n) is 8.95. The standard InChI is InChI=1S/C18H29N3O3S/c1-3-4-5-6-7-8-9-10-13-19-18(25)20-16-12-11-15(21(22)23)14-17(16)24-2/h11-12,14H,3-10,13H2,1-2H3,(H2,19,20,25). The van der Waals surface area contributed by atoms with E-state index < -0.39 is 4.92 Å². The van der Waals surface area contributed by atoms with Gasteiger partial charge in [0, 0.05) is 12.6 Å². The molecule has 0 saturated heterocycles. The number of nitro benzene ring substituents is 1. The van der Waals surface area contributed by atoms with Crippen LogP contribution in [0.1, 0.15) is 58.3 Å². The van der Waals surface area contributed by atoms with Crippen LogP contribution in [0.2, 0.25) is 0 Å². The number of benzene rings is 1. The van der Waals surface area contributed by atoms with Crippen LogP contribution in [-0.4, -0.2) is 23.7 Å². The molecule has 25 heavy (non-hydrogen) atoms. The second-order valence-corrected chi connectivity index (χ2v) is 6.41. The van der Waals surface area contributed by atoms with Gasteiger partial charge in [0.15, 0.2) is 5.11 Å². The molecule has 0 fully saturated rings. The fourth-order valence-corrected chi connectivity index (χ4v) is 2.74. The fourth-order valence-electron chi connectivity index (χ4n) is 2.52. The molecule has 140 valence electrons. The van der Waals surface area contributed by atoms with Crippen molar-refractivity contribution in [2.45, 2.75) is 58.3 Å². The Bertz CT molecular complexity index is 552. The third-order valence-corrected chi connectivity index (χ3v) is 4.21. The number of nitro groups is 1. The number of thiocarbonyl (C=S) groups is 1. The van der Waals surface area contributed by atoms with Gasteiger partial charge in [0.2, 0.25) is 0 Å². The van der Waals surface area contributed by atoms with Crippen LogP contribution >= 0.6 is 12.2 Å². The Balaban J connectivity index is 2.25. The summed E-state index contributed by atoms with van der Waals surface area (Å²) < 4.78 is 5.18. The SMILES string of the molecule is CCCCCCCCCCNC(=S)Nc1ccc([N+](=O)[O-])cc1OC. The van der Waals surface area contributed by atoms with E-state index in [2.05, 4.69) is 17.6 Å². The van der Waals surface area contributed by atoms with Crippen molar-refractivity contribution >= 4 is 28.7 Å². The van der Waals surface area contributed by atoms with Crippen LogP contribution in [0.5, 0.6) is 5.75 Å². The highest BCUT2D eigenvalue weighted by Crippen LogP contribution is 2.28. The summed E-state index contributed by atoms with van der Waals surface area (Å²) in [6, 6.07) is 4.40. The molecule has 0 bridgehead atoms.